The van der Waals surface area contributed by atoms with Crippen LogP contribution in [0, 0.1) is 5.82 Å². The number of rotatable bonds is 2. The van der Waals surface area contributed by atoms with Gasteiger partial charge in [-0.15, -0.1) is 0 Å². The van der Waals surface area contributed by atoms with Crippen LogP contribution in [0.5, 0.6) is 5.75 Å². The lowest BCUT2D eigenvalue weighted by molar-refractivity contribution is 0.343. The van der Waals surface area contributed by atoms with Crippen molar-refractivity contribution >= 4 is 17.0 Å². The first-order chi connectivity index (χ1) is 9.05. The molecular formula is C14H18FN3O. The van der Waals surface area contributed by atoms with Crippen LogP contribution in [0.2, 0.25) is 0 Å². The predicted molar refractivity (Wildman–Crippen MR) is 72.8 cm³/mol. The van der Waals surface area contributed by atoms with Crippen molar-refractivity contribution in [3.05, 3.63) is 17.9 Å². The Balaban J connectivity index is 2.26. The lowest BCUT2D eigenvalue weighted by Gasteiger charge is -2.27. The Morgan fingerprint density at radius 2 is 2.05 bits per heavy atom. The van der Waals surface area contributed by atoms with Gasteiger partial charge in [-0.1, -0.05) is 12.8 Å². The van der Waals surface area contributed by atoms with E-state index in [1.54, 1.807) is 6.07 Å². The number of anilines is 1. The van der Waals surface area contributed by atoms with Gasteiger partial charge in [0.2, 0.25) is 5.95 Å². The number of fused-ring (bicyclic) bond motifs is 1. The SMILES string of the molecule is COc1cc2c(cc1F)nc(N)n2C1(C)CCCC1. The molecule has 0 bridgehead atoms. The lowest BCUT2D eigenvalue weighted by Crippen LogP contribution is -2.27. The highest BCUT2D eigenvalue weighted by Gasteiger charge is 2.33. The van der Waals surface area contributed by atoms with Gasteiger partial charge in [-0.3, -0.25) is 0 Å². The molecule has 102 valence electrons. The Bertz CT molecular complexity index is 629. The molecular weight excluding hydrogens is 245 g/mol. The molecule has 5 heteroatoms. The molecule has 4 nitrogen and oxygen atoms in total. The average Bonchev–Trinajstić information content (AvgIpc) is 2.91. The zero-order chi connectivity index (χ0) is 13.6. The Morgan fingerprint density at radius 1 is 1.37 bits per heavy atom. The fraction of sp³-hybridized carbons (Fsp3) is 0.500. The van der Waals surface area contributed by atoms with Crippen molar-refractivity contribution < 1.29 is 9.13 Å². The van der Waals surface area contributed by atoms with E-state index in [1.165, 1.54) is 26.0 Å². The fourth-order valence-electron chi connectivity index (χ4n) is 3.18. The number of nitrogen functional groups attached to an aromatic ring is 1. The smallest absolute Gasteiger partial charge is 0.201 e. The summed E-state index contributed by atoms with van der Waals surface area (Å²) in [5.74, 6) is 0.276. The molecule has 2 N–H and O–H groups in total. The van der Waals surface area contributed by atoms with Crippen LogP contribution in [0.1, 0.15) is 32.6 Å². The van der Waals surface area contributed by atoms with Gasteiger partial charge in [0.15, 0.2) is 11.6 Å². The number of nitrogens with zero attached hydrogens (tertiary/aromatic N) is 2. The number of nitrogens with two attached hydrogens (primary N) is 1. The molecule has 1 heterocycles. The maximum atomic E-state index is 13.7. The Labute approximate surface area is 111 Å². The van der Waals surface area contributed by atoms with Crippen molar-refractivity contribution in [2.24, 2.45) is 0 Å². The van der Waals surface area contributed by atoms with Crippen molar-refractivity contribution in [1.29, 1.82) is 0 Å². The summed E-state index contributed by atoms with van der Waals surface area (Å²) < 4.78 is 20.8. The van der Waals surface area contributed by atoms with E-state index < -0.39 is 5.82 Å². The van der Waals surface area contributed by atoms with E-state index in [9.17, 15) is 4.39 Å². The Morgan fingerprint density at radius 3 is 2.68 bits per heavy atom. The third-order valence-electron chi connectivity index (χ3n) is 4.17. The van der Waals surface area contributed by atoms with Crippen molar-refractivity contribution in [3.8, 4) is 5.75 Å². The van der Waals surface area contributed by atoms with Crippen LogP contribution in [-0.4, -0.2) is 16.7 Å². The highest BCUT2D eigenvalue weighted by molar-refractivity contribution is 5.80. The molecule has 0 amide bonds. The summed E-state index contributed by atoms with van der Waals surface area (Å²) in [6.45, 7) is 2.19. The number of aromatic nitrogens is 2. The van der Waals surface area contributed by atoms with Crippen LogP contribution < -0.4 is 10.5 Å². The second kappa shape index (κ2) is 4.11. The number of imidazole rings is 1. The van der Waals surface area contributed by atoms with Crippen molar-refractivity contribution in [2.75, 3.05) is 12.8 Å². The third kappa shape index (κ3) is 1.76. The van der Waals surface area contributed by atoms with Crippen molar-refractivity contribution in [3.63, 3.8) is 0 Å². The number of ether oxygens (including phenoxy) is 1. The van der Waals surface area contributed by atoms with Gasteiger partial charge in [0.05, 0.1) is 18.1 Å². The molecule has 0 radical (unpaired) electrons. The second-order valence-electron chi connectivity index (χ2n) is 5.48. The summed E-state index contributed by atoms with van der Waals surface area (Å²) in [4.78, 5) is 4.28. The van der Waals surface area contributed by atoms with E-state index >= 15 is 0 Å². The van der Waals surface area contributed by atoms with Gasteiger partial charge < -0.3 is 15.0 Å². The maximum absolute atomic E-state index is 13.7. The van der Waals surface area contributed by atoms with Gasteiger partial charge in [-0.25, -0.2) is 9.37 Å². The quantitative estimate of drug-likeness (QED) is 0.906. The molecule has 1 saturated carbocycles. The molecule has 0 saturated heterocycles. The normalized spacial score (nSPS) is 18.1. The zero-order valence-electron chi connectivity index (χ0n) is 11.2. The second-order valence-corrected chi connectivity index (χ2v) is 5.48. The van der Waals surface area contributed by atoms with Crippen LogP contribution in [0.3, 0.4) is 0 Å². The highest BCUT2D eigenvalue weighted by atomic mass is 19.1. The van der Waals surface area contributed by atoms with Crippen LogP contribution in [0.25, 0.3) is 11.0 Å². The van der Waals surface area contributed by atoms with Gasteiger partial charge >= 0.3 is 0 Å². The molecule has 3 rings (SSSR count). The molecule has 0 unspecified atom stereocenters. The topological polar surface area (TPSA) is 53.1 Å². The van der Waals surface area contributed by atoms with Gasteiger partial charge in [0.1, 0.15) is 0 Å². The number of hydrogen-bond donors (Lipinski definition) is 1. The largest absolute Gasteiger partial charge is 0.494 e. The minimum absolute atomic E-state index is 0.0261. The first-order valence-electron chi connectivity index (χ1n) is 6.57. The first-order valence-corrected chi connectivity index (χ1v) is 6.57. The maximum Gasteiger partial charge on any atom is 0.201 e. The molecule has 2 aromatic rings. The summed E-state index contributed by atoms with van der Waals surface area (Å²) in [5, 5.41) is 0. The van der Waals surface area contributed by atoms with Gasteiger partial charge in [-0.2, -0.15) is 0 Å². The van der Waals surface area contributed by atoms with Gasteiger partial charge in [-0.05, 0) is 19.8 Å². The highest BCUT2D eigenvalue weighted by Crippen LogP contribution is 2.40. The average molecular weight is 263 g/mol. The van der Waals surface area contributed by atoms with Crippen LogP contribution >= 0.6 is 0 Å². The molecule has 19 heavy (non-hydrogen) atoms. The Hall–Kier alpha value is -1.78. The van der Waals surface area contributed by atoms with Crippen LogP contribution in [0.4, 0.5) is 10.3 Å². The van der Waals surface area contributed by atoms with E-state index in [0.717, 1.165) is 18.4 Å². The van der Waals surface area contributed by atoms with Crippen LogP contribution in [-0.2, 0) is 5.54 Å². The zero-order valence-corrected chi connectivity index (χ0v) is 11.2. The molecule has 1 aromatic heterocycles. The minimum atomic E-state index is -0.406. The molecule has 0 spiro atoms. The van der Waals surface area contributed by atoms with Gasteiger partial charge in [0, 0.05) is 17.7 Å². The van der Waals surface area contributed by atoms with Crippen molar-refractivity contribution in [1.82, 2.24) is 9.55 Å². The van der Waals surface area contributed by atoms with Crippen molar-refractivity contribution in [2.45, 2.75) is 38.1 Å². The number of hydrogen-bond acceptors (Lipinski definition) is 3. The summed E-state index contributed by atoms with van der Waals surface area (Å²) in [6.07, 6.45) is 4.52. The molecule has 1 fully saturated rings. The van der Waals surface area contributed by atoms with Crippen LogP contribution in [0.15, 0.2) is 12.1 Å². The van der Waals surface area contributed by atoms with E-state index in [2.05, 4.69) is 11.9 Å². The molecule has 1 aliphatic carbocycles. The molecule has 0 aliphatic heterocycles. The van der Waals surface area contributed by atoms with E-state index in [4.69, 9.17) is 10.5 Å². The van der Waals surface area contributed by atoms with Gasteiger partial charge in [0.25, 0.3) is 0 Å². The molecule has 0 atom stereocenters. The standard InChI is InChI=1S/C14H18FN3O/c1-14(5-3-4-6-14)18-11-8-12(19-2)9(15)7-10(11)17-13(18)16/h7-8H,3-6H2,1-2H3,(H2,16,17). The molecule has 1 aliphatic rings. The predicted octanol–water partition coefficient (Wildman–Crippen LogP) is 3.06. The first kappa shape index (κ1) is 12.3. The van der Waals surface area contributed by atoms with E-state index in [-0.39, 0.29) is 11.3 Å². The number of methoxy groups -OCH3 is 1. The number of benzene rings is 1. The van der Waals surface area contributed by atoms with E-state index in [0.29, 0.717) is 11.5 Å². The number of halogens is 1. The lowest BCUT2D eigenvalue weighted by atomic mass is 10.00. The summed E-state index contributed by atoms with van der Waals surface area (Å²) in [6, 6.07) is 3.08. The monoisotopic (exact) mass is 263 g/mol. The Kier molecular flexibility index (Phi) is 2.66. The summed E-state index contributed by atoms with van der Waals surface area (Å²) in [7, 11) is 1.46. The van der Waals surface area contributed by atoms with E-state index in [1.807, 2.05) is 4.57 Å². The fourth-order valence-corrected chi connectivity index (χ4v) is 3.18. The minimum Gasteiger partial charge on any atom is -0.494 e. The molecule has 1 aromatic carbocycles. The summed E-state index contributed by atoms with van der Waals surface area (Å²) in [5.41, 5.74) is 7.46. The summed E-state index contributed by atoms with van der Waals surface area (Å²) >= 11 is 0. The third-order valence-corrected chi connectivity index (χ3v) is 4.17.